The first-order valence-corrected chi connectivity index (χ1v) is 35.3. The zero-order valence-corrected chi connectivity index (χ0v) is 71.8. The second kappa shape index (κ2) is 43.0. The van der Waals surface area contributed by atoms with Gasteiger partial charge in [0.1, 0.15) is 63.0 Å². The van der Waals surface area contributed by atoms with Gasteiger partial charge >= 0.3 is 0 Å². The molecule has 0 spiro atoms. The quantitative estimate of drug-likeness (QED) is 0.0887. The number of aromatic hydroxyl groups is 4. The van der Waals surface area contributed by atoms with Crippen LogP contribution < -0.4 is 14.2 Å². The molecule has 0 amide bonds. The third kappa shape index (κ3) is 22.1. The summed E-state index contributed by atoms with van der Waals surface area (Å²) in [6.45, 7) is 2.08. The van der Waals surface area contributed by atoms with Gasteiger partial charge in [0.2, 0.25) is 0 Å². The van der Waals surface area contributed by atoms with Crippen LogP contribution in [0.25, 0.3) is 133 Å². The van der Waals surface area contributed by atoms with E-state index in [1.165, 1.54) is 86.9 Å². The average Bonchev–Trinajstić information content (AvgIpc) is 0.792. The number of fused-ring (bicyclic) bond motifs is 4. The smallest absolute Gasteiger partial charge is 0.143 e. The van der Waals surface area contributed by atoms with E-state index < -0.39 is 0 Å². The van der Waals surface area contributed by atoms with Crippen LogP contribution in [0.15, 0.2) is 341 Å². The van der Waals surface area contributed by atoms with Gasteiger partial charge in [-0.25, -0.2) is 0 Å². The molecule has 15 nitrogen and oxygen atoms in total. The summed E-state index contributed by atoms with van der Waals surface area (Å²) in [7, 11) is 5.01. The Morgan fingerprint density at radius 3 is 0.817 bits per heavy atom. The largest absolute Gasteiger partial charge is 0.506 e. The predicted molar refractivity (Wildman–Crippen MR) is 441 cm³/mol. The maximum absolute atomic E-state index is 9.47. The van der Waals surface area contributed by atoms with E-state index in [1.54, 1.807) is 45.6 Å². The molecule has 8 heterocycles. The van der Waals surface area contributed by atoms with Crippen LogP contribution in [0.2, 0.25) is 0 Å². The number of aryl methyl sites for hydroxylation is 1. The molecule has 0 unspecified atom stereocenters. The second-order valence-electron chi connectivity index (χ2n) is 24.9. The van der Waals surface area contributed by atoms with Gasteiger partial charge in [-0.2, -0.15) is 0 Å². The molecule has 0 saturated heterocycles. The van der Waals surface area contributed by atoms with Crippen molar-refractivity contribution in [1.82, 2.24) is 39.9 Å². The normalized spacial score (nSPS) is 10.1. The van der Waals surface area contributed by atoms with Gasteiger partial charge in [0.15, 0.2) is 0 Å². The Morgan fingerprint density at radius 1 is 0.235 bits per heavy atom. The molecule has 0 aliphatic carbocycles. The zero-order valence-electron chi connectivity index (χ0n) is 62.3. The van der Waals surface area contributed by atoms with Crippen molar-refractivity contribution in [3.63, 3.8) is 0 Å². The molecule has 4 N–H and O–H groups in total. The Hall–Kier alpha value is -12.4. The third-order valence-corrected chi connectivity index (χ3v) is 17.6. The number of aromatic nitrogens is 8. The molecule has 578 valence electrons. The van der Waals surface area contributed by atoms with E-state index in [9.17, 15) is 20.4 Å². The molecule has 0 atom stereocenters. The number of nitrogens with zero attached hydrogens (tertiary/aromatic N) is 8. The van der Waals surface area contributed by atoms with Crippen molar-refractivity contribution in [1.29, 1.82) is 0 Å². The van der Waals surface area contributed by atoms with Gasteiger partial charge in [-0.15, -0.1) is 143 Å². The van der Waals surface area contributed by atoms with Crippen molar-refractivity contribution < 1.29 is 115 Å². The maximum atomic E-state index is 9.47. The predicted octanol–water partition coefficient (Wildman–Crippen LogP) is 21.6. The fraction of sp³-hybridized carbons (Fsp3) is 0.0417. The van der Waals surface area contributed by atoms with Crippen molar-refractivity contribution in [2.75, 3.05) is 21.3 Å². The van der Waals surface area contributed by atoms with Crippen LogP contribution in [0, 0.1) is 31.2 Å². The summed E-state index contributed by atoms with van der Waals surface area (Å²) in [5, 5.41) is 47.3. The van der Waals surface area contributed by atoms with Crippen LogP contribution in [0.4, 0.5) is 0 Å². The van der Waals surface area contributed by atoms with E-state index in [0.29, 0.717) is 0 Å². The van der Waals surface area contributed by atoms with Crippen LogP contribution in [0.5, 0.6) is 40.2 Å². The van der Waals surface area contributed by atoms with E-state index in [1.807, 2.05) is 189 Å². The van der Waals surface area contributed by atoms with Crippen LogP contribution >= 0.6 is 0 Å². The fourth-order valence-corrected chi connectivity index (χ4v) is 12.3. The Labute approximate surface area is 721 Å². The molecule has 0 aliphatic heterocycles. The van der Waals surface area contributed by atoms with Gasteiger partial charge in [0.25, 0.3) is 0 Å². The SMILES string of the molecule is COc1cc(C)cc(-c2cc[c-]c(-c3nccc4ccccc34)c2)c1.COc1cc(OC)cc(-c2cc[c-]c(-c3nccc4ccccc34)c2)c1.Oc1cccnc1-c1ncccc1O.Oc1cccnc1-c1ncccc1O.[Ir].[Ir].[Ir].[Ir].[c-]1ccccc1-c1nccc2ccccc12.[c-]1ccccc1-c1nccc2ccccc12. The van der Waals surface area contributed by atoms with Gasteiger partial charge in [0, 0.05) is 136 Å². The summed E-state index contributed by atoms with van der Waals surface area (Å²) in [5.41, 5.74) is 14.6. The Balaban J connectivity index is 0.000000160. The fourth-order valence-electron chi connectivity index (χ4n) is 12.3. The molecule has 4 radical (unpaired) electrons. The minimum absolute atomic E-state index is 0. The summed E-state index contributed by atoms with van der Waals surface area (Å²) in [6, 6.07) is 107. The molecule has 0 bridgehead atoms. The number of pyridine rings is 8. The molecule has 18 aromatic rings. The summed E-state index contributed by atoms with van der Waals surface area (Å²) < 4.78 is 16.2. The number of methoxy groups -OCH3 is 3. The Morgan fingerprint density at radius 2 is 0.513 bits per heavy atom. The molecule has 0 fully saturated rings. The van der Waals surface area contributed by atoms with Crippen molar-refractivity contribution in [3.05, 3.63) is 371 Å². The minimum atomic E-state index is 0. The molecule has 19 heteroatoms. The monoisotopic (exact) mass is 2220 g/mol. The summed E-state index contributed by atoms with van der Waals surface area (Å²) in [6.07, 6.45) is 13.5. The average molecular weight is 2220 g/mol. The zero-order chi connectivity index (χ0) is 76.7. The van der Waals surface area contributed by atoms with E-state index in [4.69, 9.17) is 14.2 Å². The van der Waals surface area contributed by atoms with Crippen LogP contribution in [0.1, 0.15) is 5.56 Å². The van der Waals surface area contributed by atoms with Gasteiger partial charge in [-0.3, -0.25) is 19.9 Å². The first-order chi connectivity index (χ1) is 54.5. The summed E-state index contributed by atoms with van der Waals surface area (Å²) >= 11 is 0. The summed E-state index contributed by atoms with van der Waals surface area (Å²) in [5.74, 6) is 2.40. The van der Waals surface area contributed by atoms with Crippen molar-refractivity contribution in [2.24, 2.45) is 0 Å². The van der Waals surface area contributed by atoms with E-state index in [-0.39, 0.29) is 126 Å². The number of hydrogen-bond donors (Lipinski definition) is 4. The Bertz CT molecular complexity index is 5860. The van der Waals surface area contributed by atoms with Crippen LogP contribution in [0.3, 0.4) is 0 Å². The Kier molecular flexibility index (Phi) is 32.4. The number of benzene rings is 10. The number of rotatable bonds is 11. The van der Waals surface area contributed by atoms with Crippen LogP contribution in [-0.4, -0.2) is 81.6 Å². The molecular formula is C96H72Ir4N8O7-4. The topological polar surface area (TPSA) is 212 Å². The van der Waals surface area contributed by atoms with Crippen molar-refractivity contribution in [2.45, 2.75) is 6.92 Å². The van der Waals surface area contributed by atoms with E-state index in [2.05, 4.69) is 150 Å². The van der Waals surface area contributed by atoms with Gasteiger partial charge in [-0.05, 0) is 187 Å². The van der Waals surface area contributed by atoms with Gasteiger partial charge in [-0.1, -0.05) is 103 Å². The van der Waals surface area contributed by atoms with E-state index >= 15 is 0 Å². The first-order valence-electron chi connectivity index (χ1n) is 35.3. The molecule has 0 saturated carbocycles. The summed E-state index contributed by atoms with van der Waals surface area (Å²) in [4.78, 5) is 33.8. The molecule has 18 rings (SSSR count). The number of ether oxygens (including phenoxy) is 3. The van der Waals surface area contributed by atoms with Gasteiger partial charge in [0.05, 0.1) is 21.3 Å². The molecular weight excluding hydrogens is 2150 g/mol. The van der Waals surface area contributed by atoms with Crippen molar-refractivity contribution >= 4 is 43.1 Å². The number of hydrogen-bond acceptors (Lipinski definition) is 15. The second-order valence-corrected chi connectivity index (χ2v) is 24.9. The van der Waals surface area contributed by atoms with Crippen LogP contribution in [-0.2, 0) is 80.4 Å². The molecule has 10 aromatic carbocycles. The maximum Gasteiger partial charge on any atom is 0.143 e. The molecule has 0 aliphatic rings. The first kappa shape index (κ1) is 86.6. The van der Waals surface area contributed by atoms with Gasteiger partial charge < -0.3 is 54.6 Å². The standard InChI is InChI=1S/C23H18NO2.C23H18NO.2C15H10N.2C10H8N2O2.4Ir/c1-25-20-13-19(14-21(15-20)26-2)17-7-5-8-18(12-17)23-22-9-4-3-6-16(22)10-11-24-23;1-16-12-20(15-21(13-16)25-2)18-7-5-8-19(14-18)23-22-9-4-3-6-17(22)10-11-24-23;2*1-2-7-13(8-3-1)15-14-9-5-4-6-12(14)10-11-16-15;2*13-7-3-1-5-11-9(7)10-8(14)4-2-6-12-10;;;;/h3-7,9-15H,1-2H3;3-7,9-15H,1-2H3;2*1-7,9-11H;2*1-6,13-14H;;;;/q4*-1;;;;;;. The van der Waals surface area contributed by atoms with Crippen molar-refractivity contribution in [3.8, 4) is 130 Å². The molecule has 8 aromatic heterocycles. The molecule has 115 heavy (non-hydrogen) atoms. The third-order valence-electron chi connectivity index (χ3n) is 17.6. The minimum Gasteiger partial charge on any atom is -0.506 e. The van der Waals surface area contributed by atoms with E-state index in [0.717, 1.165) is 95.3 Å².